The lowest BCUT2D eigenvalue weighted by Crippen LogP contribution is -2.22. The number of ether oxygens (including phenoxy) is 1. The molecule has 0 radical (unpaired) electrons. The summed E-state index contributed by atoms with van der Waals surface area (Å²) < 4.78 is 5.11. The summed E-state index contributed by atoms with van der Waals surface area (Å²) in [4.78, 5) is 11.8. The molecule has 0 aliphatic rings. The van der Waals surface area contributed by atoms with E-state index in [2.05, 4.69) is 24.4 Å². The van der Waals surface area contributed by atoms with Crippen LogP contribution in [0.4, 0.5) is 0 Å². The summed E-state index contributed by atoms with van der Waals surface area (Å²) in [6, 6.07) is 16.0. The van der Waals surface area contributed by atoms with E-state index in [4.69, 9.17) is 4.74 Å². The van der Waals surface area contributed by atoms with Crippen LogP contribution < -0.4 is 10.1 Å². The van der Waals surface area contributed by atoms with Gasteiger partial charge in [-0.15, -0.1) is 0 Å². The summed E-state index contributed by atoms with van der Waals surface area (Å²) in [7, 11) is 1.65. The second-order valence-electron chi connectivity index (χ2n) is 5.11. The Bertz CT molecular complexity index is 573. The molecular formula is C18H21NO2. The summed E-state index contributed by atoms with van der Waals surface area (Å²) in [6.45, 7) is 2.64. The molecular weight excluding hydrogens is 262 g/mol. The molecule has 0 bridgehead atoms. The van der Waals surface area contributed by atoms with E-state index in [9.17, 15) is 4.79 Å². The SMILES string of the molecule is COc1ccc(CCC(=O)NCc2ccc(C)cc2)cc1. The fourth-order valence-corrected chi connectivity index (χ4v) is 2.05. The van der Waals surface area contributed by atoms with Gasteiger partial charge in [-0.1, -0.05) is 42.0 Å². The highest BCUT2D eigenvalue weighted by Gasteiger charge is 2.03. The van der Waals surface area contributed by atoms with E-state index in [1.54, 1.807) is 7.11 Å². The van der Waals surface area contributed by atoms with Crippen molar-refractivity contribution in [2.75, 3.05) is 7.11 Å². The number of rotatable bonds is 6. The van der Waals surface area contributed by atoms with E-state index < -0.39 is 0 Å². The van der Waals surface area contributed by atoms with Crippen molar-refractivity contribution in [3.05, 3.63) is 65.2 Å². The Morgan fingerprint density at radius 3 is 2.24 bits per heavy atom. The van der Waals surface area contributed by atoms with Gasteiger partial charge in [-0.3, -0.25) is 4.79 Å². The van der Waals surface area contributed by atoms with Crippen molar-refractivity contribution in [1.29, 1.82) is 0 Å². The first-order chi connectivity index (χ1) is 10.2. The number of benzene rings is 2. The second-order valence-corrected chi connectivity index (χ2v) is 5.11. The lowest BCUT2D eigenvalue weighted by molar-refractivity contribution is -0.121. The van der Waals surface area contributed by atoms with E-state index in [1.807, 2.05) is 36.4 Å². The van der Waals surface area contributed by atoms with Crippen LogP contribution in [-0.2, 0) is 17.8 Å². The molecule has 0 saturated carbocycles. The van der Waals surface area contributed by atoms with Crippen molar-refractivity contribution >= 4 is 5.91 Å². The Kier molecular flexibility index (Phi) is 5.38. The first-order valence-corrected chi connectivity index (χ1v) is 7.12. The Hall–Kier alpha value is -2.29. The zero-order valence-electron chi connectivity index (χ0n) is 12.6. The zero-order valence-corrected chi connectivity index (χ0v) is 12.6. The zero-order chi connectivity index (χ0) is 15.1. The predicted octanol–water partition coefficient (Wildman–Crippen LogP) is 3.25. The van der Waals surface area contributed by atoms with Crippen molar-refractivity contribution in [2.45, 2.75) is 26.3 Å². The molecule has 2 rings (SSSR count). The second kappa shape index (κ2) is 7.48. The Labute approximate surface area is 126 Å². The van der Waals surface area contributed by atoms with E-state index in [-0.39, 0.29) is 5.91 Å². The summed E-state index contributed by atoms with van der Waals surface area (Å²) in [5.74, 6) is 0.911. The molecule has 0 aromatic heterocycles. The maximum Gasteiger partial charge on any atom is 0.220 e. The third-order valence-electron chi connectivity index (χ3n) is 3.41. The molecule has 2 aromatic rings. The van der Waals surface area contributed by atoms with Gasteiger partial charge in [-0.25, -0.2) is 0 Å². The average molecular weight is 283 g/mol. The van der Waals surface area contributed by atoms with Crippen LogP contribution in [0.5, 0.6) is 5.75 Å². The molecule has 0 aliphatic heterocycles. The lowest BCUT2D eigenvalue weighted by atomic mass is 10.1. The van der Waals surface area contributed by atoms with Gasteiger partial charge in [-0.2, -0.15) is 0 Å². The lowest BCUT2D eigenvalue weighted by Gasteiger charge is -2.06. The minimum Gasteiger partial charge on any atom is -0.497 e. The van der Waals surface area contributed by atoms with Crippen LogP contribution in [0, 0.1) is 6.92 Å². The molecule has 0 fully saturated rings. The number of aryl methyl sites for hydroxylation is 2. The van der Waals surface area contributed by atoms with Gasteiger partial charge in [0.25, 0.3) is 0 Å². The van der Waals surface area contributed by atoms with Crippen LogP contribution in [0.2, 0.25) is 0 Å². The van der Waals surface area contributed by atoms with Crippen LogP contribution in [-0.4, -0.2) is 13.0 Å². The maximum atomic E-state index is 11.8. The maximum absolute atomic E-state index is 11.8. The van der Waals surface area contributed by atoms with Crippen molar-refractivity contribution < 1.29 is 9.53 Å². The number of carbonyl (C=O) groups is 1. The molecule has 0 saturated heterocycles. The summed E-state index contributed by atoms with van der Waals surface area (Å²) >= 11 is 0. The number of nitrogens with one attached hydrogen (secondary N) is 1. The number of hydrogen-bond acceptors (Lipinski definition) is 2. The quantitative estimate of drug-likeness (QED) is 0.883. The standard InChI is InChI=1S/C18H21NO2/c1-14-3-5-16(6-4-14)13-19-18(20)12-9-15-7-10-17(21-2)11-8-15/h3-8,10-11H,9,12-13H2,1-2H3,(H,19,20). The monoisotopic (exact) mass is 283 g/mol. The molecule has 21 heavy (non-hydrogen) atoms. The fourth-order valence-electron chi connectivity index (χ4n) is 2.05. The van der Waals surface area contributed by atoms with Crippen molar-refractivity contribution in [3.63, 3.8) is 0 Å². The highest BCUT2D eigenvalue weighted by atomic mass is 16.5. The Morgan fingerprint density at radius 1 is 1.00 bits per heavy atom. The topological polar surface area (TPSA) is 38.3 Å². The highest BCUT2D eigenvalue weighted by molar-refractivity contribution is 5.76. The van der Waals surface area contributed by atoms with Gasteiger partial charge in [0.2, 0.25) is 5.91 Å². The number of amides is 1. The molecule has 110 valence electrons. The molecule has 2 aromatic carbocycles. The Morgan fingerprint density at radius 2 is 1.62 bits per heavy atom. The molecule has 1 N–H and O–H groups in total. The third kappa shape index (κ3) is 4.95. The van der Waals surface area contributed by atoms with Gasteiger partial charge in [0, 0.05) is 13.0 Å². The molecule has 3 heteroatoms. The number of carbonyl (C=O) groups excluding carboxylic acids is 1. The van der Waals surface area contributed by atoms with E-state index in [0.717, 1.165) is 23.3 Å². The van der Waals surface area contributed by atoms with E-state index >= 15 is 0 Å². The van der Waals surface area contributed by atoms with Crippen LogP contribution in [0.1, 0.15) is 23.1 Å². The normalized spacial score (nSPS) is 10.2. The van der Waals surface area contributed by atoms with Crippen LogP contribution in [0.25, 0.3) is 0 Å². The van der Waals surface area contributed by atoms with Gasteiger partial charge in [0.1, 0.15) is 5.75 Å². The molecule has 0 heterocycles. The highest BCUT2D eigenvalue weighted by Crippen LogP contribution is 2.12. The Balaban J connectivity index is 1.75. The molecule has 0 unspecified atom stereocenters. The number of hydrogen-bond donors (Lipinski definition) is 1. The average Bonchev–Trinajstić information content (AvgIpc) is 2.53. The first-order valence-electron chi connectivity index (χ1n) is 7.12. The molecule has 0 atom stereocenters. The smallest absolute Gasteiger partial charge is 0.220 e. The van der Waals surface area contributed by atoms with Crippen molar-refractivity contribution in [1.82, 2.24) is 5.32 Å². The summed E-state index contributed by atoms with van der Waals surface area (Å²) in [6.07, 6.45) is 1.24. The predicted molar refractivity (Wildman–Crippen MR) is 84.3 cm³/mol. The minimum absolute atomic E-state index is 0.0754. The fraction of sp³-hybridized carbons (Fsp3) is 0.278. The third-order valence-corrected chi connectivity index (χ3v) is 3.41. The van der Waals surface area contributed by atoms with Gasteiger partial charge in [0.15, 0.2) is 0 Å². The van der Waals surface area contributed by atoms with Gasteiger partial charge < -0.3 is 10.1 Å². The van der Waals surface area contributed by atoms with Gasteiger partial charge in [0.05, 0.1) is 7.11 Å². The van der Waals surface area contributed by atoms with E-state index in [0.29, 0.717) is 13.0 Å². The molecule has 3 nitrogen and oxygen atoms in total. The van der Waals surface area contributed by atoms with Gasteiger partial charge in [-0.05, 0) is 36.6 Å². The minimum atomic E-state index is 0.0754. The summed E-state index contributed by atoms with van der Waals surface area (Å²) in [5, 5.41) is 2.95. The van der Waals surface area contributed by atoms with Gasteiger partial charge >= 0.3 is 0 Å². The number of methoxy groups -OCH3 is 1. The van der Waals surface area contributed by atoms with Crippen LogP contribution in [0.3, 0.4) is 0 Å². The molecule has 0 spiro atoms. The molecule has 1 amide bonds. The first kappa shape index (κ1) is 15.1. The van der Waals surface area contributed by atoms with Crippen LogP contribution >= 0.6 is 0 Å². The van der Waals surface area contributed by atoms with Crippen LogP contribution in [0.15, 0.2) is 48.5 Å². The largest absolute Gasteiger partial charge is 0.497 e. The summed E-state index contributed by atoms with van der Waals surface area (Å²) in [5.41, 5.74) is 3.49. The van der Waals surface area contributed by atoms with E-state index in [1.165, 1.54) is 5.56 Å². The molecule has 0 aliphatic carbocycles. The van der Waals surface area contributed by atoms with Crippen molar-refractivity contribution in [3.8, 4) is 5.75 Å². The van der Waals surface area contributed by atoms with Crippen molar-refractivity contribution in [2.24, 2.45) is 0 Å².